The van der Waals surface area contributed by atoms with E-state index in [1.807, 2.05) is 13.8 Å². The zero-order valence-electron chi connectivity index (χ0n) is 12.0. The number of hydrogen-bond donors (Lipinski definition) is 2. The molecule has 0 fully saturated rings. The summed E-state index contributed by atoms with van der Waals surface area (Å²) in [6.07, 6.45) is 0. The van der Waals surface area contributed by atoms with E-state index in [1.165, 1.54) is 13.0 Å². The smallest absolute Gasteiger partial charge is 0.275 e. The molecule has 1 aromatic carbocycles. The van der Waals surface area contributed by atoms with Crippen molar-refractivity contribution in [2.24, 2.45) is 0 Å². The predicted molar refractivity (Wildman–Crippen MR) is 81.2 cm³/mol. The largest absolute Gasteiger partial charge is 0.313 e. The van der Waals surface area contributed by atoms with Crippen LogP contribution < -0.4 is 10.0 Å². The Balaban J connectivity index is 2.96. The van der Waals surface area contributed by atoms with Crippen molar-refractivity contribution in [1.29, 1.82) is 0 Å². The van der Waals surface area contributed by atoms with Gasteiger partial charge in [-0.1, -0.05) is 25.4 Å². The molecule has 7 nitrogen and oxygen atoms in total. The second-order valence-electron chi connectivity index (χ2n) is 4.81. The number of rotatable bonds is 7. The van der Waals surface area contributed by atoms with Crippen LogP contribution in [0.15, 0.2) is 17.0 Å². The van der Waals surface area contributed by atoms with E-state index < -0.39 is 14.9 Å². The lowest BCUT2D eigenvalue weighted by Gasteiger charge is -2.10. The maximum atomic E-state index is 12.1. The third kappa shape index (κ3) is 4.92. The molecule has 0 bridgehead atoms. The van der Waals surface area contributed by atoms with E-state index in [1.54, 1.807) is 0 Å². The molecule has 2 N–H and O–H groups in total. The van der Waals surface area contributed by atoms with E-state index in [4.69, 9.17) is 11.6 Å². The van der Waals surface area contributed by atoms with Gasteiger partial charge in [0.05, 0.1) is 14.8 Å². The summed E-state index contributed by atoms with van der Waals surface area (Å²) < 4.78 is 26.6. The molecule has 118 valence electrons. The molecule has 0 aliphatic rings. The average Bonchev–Trinajstić information content (AvgIpc) is 2.37. The minimum Gasteiger partial charge on any atom is -0.313 e. The standard InChI is InChI=1S/C12H18ClN3O4S/c1-8(2)14-4-5-15-21(19,20)10-6-11(13)9(3)12(7-10)16(17)18/h6-8,14-15H,4-5H2,1-3H3. The van der Waals surface area contributed by atoms with Crippen molar-refractivity contribution < 1.29 is 13.3 Å². The fourth-order valence-corrected chi connectivity index (χ4v) is 2.97. The zero-order valence-corrected chi connectivity index (χ0v) is 13.6. The van der Waals surface area contributed by atoms with E-state index in [0.717, 1.165) is 6.07 Å². The second kappa shape index (κ2) is 7.17. The molecule has 0 aliphatic carbocycles. The molecule has 0 atom stereocenters. The van der Waals surface area contributed by atoms with Gasteiger partial charge in [-0.2, -0.15) is 0 Å². The summed E-state index contributed by atoms with van der Waals surface area (Å²) in [6.45, 7) is 5.99. The van der Waals surface area contributed by atoms with Crippen molar-refractivity contribution in [2.45, 2.75) is 31.7 Å². The third-order valence-electron chi connectivity index (χ3n) is 2.77. The van der Waals surface area contributed by atoms with Gasteiger partial charge in [0, 0.05) is 30.8 Å². The van der Waals surface area contributed by atoms with Gasteiger partial charge < -0.3 is 5.32 Å². The molecule has 0 saturated carbocycles. The summed E-state index contributed by atoms with van der Waals surface area (Å²) in [5.41, 5.74) is -0.0785. The molecule has 1 rings (SSSR count). The quantitative estimate of drug-likeness (QED) is 0.449. The van der Waals surface area contributed by atoms with Crippen molar-refractivity contribution in [3.63, 3.8) is 0 Å². The Morgan fingerprint density at radius 1 is 1.33 bits per heavy atom. The molecule has 0 radical (unpaired) electrons. The lowest BCUT2D eigenvalue weighted by molar-refractivity contribution is -0.385. The van der Waals surface area contributed by atoms with Gasteiger partial charge in [0.25, 0.3) is 5.69 Å². The number of nitrogens with one attached hydrogen (secondary N) is 2. The van der Waals surface area contributed by atoms with Gasteiger partial charge >= 0.3 is 0 Å². The van der Waals surface area contributed by atoms with E-state index in [0.29, 0.717) is 6.54 Å². The summed E-state index contributed by atoms with van der Waals surface area (Å²) in [4.78, 5) is 10.0. The lowest BCUT2D eigenvalue weighted by Crippen LogP contribution is -2.34. The number of hydrogen-bond acceptors (Lipinski definition) is 5. The normalized spacial score (nSPS) is 11.9. The number of halogens is 1. The van der Waals surface area contributed by atoms with E-state index >= 15 is 0 Å². The molecule has 9 heteroatoms. The topological polar surface area (TPSA) is 101 Å². The summed E-state index contributed by atoms with van der Waals surface area (Å²) in [6, 6.07) is 2.46. The Morgan fingerprint density at radius 3 is 2.48 bits per heavy atom. The number of sulfonamides is 1. The van der Waals surface area contributed by atoms with E-state index in [9.17, 15) is 18.5 Å². The Labute approximate surface area is 128 Å². The van der Waals surface area contributed by atoms with Gasteiger partial charge in [0.1, 0.15) is 0 Å². The maximum Gasteiger partial charge on any atom is 0.275 e. The Bertz CT molecular complexity index is 632. The van der Waals surface area contributed by atoms with Crippen molar-refractivity contribution >= 4 is 27.3 Å². The summed E-state index contributed by atoms with van der Waals surface area (Å²) in [5, 5.41) is 14.0. The van der Waals surface area contributed by atoms with Gasteiger partial charge in [0.2, 0.25) is 10.0 Å². The maximum absolute atomic E-state index is 12.1. The highest BCUT2D eigenvalue weighted by Gasteiger charge is 2.22. The minimum absolute atomic E-state index is 0.0462. The average molecular weight is 336 g/mol. The van der Waals surface area contributed by atoms with Gasteiger partial charge in [-0.05, 0) is 13.0 Å². The highest BCUT2D eigenvalue weighted by molar-refractivity contribution is 7.89. The third-order valence-corrected chi connectivity index (χ3v) is 4.60. The predicted octanol–water partition coefficient (Wildman–Crippen LogP) is 1.83. The number of nitrogens with zero attached hydrogens (tertiary/aromatic N) is 1. The van der Waals surface area contributed by atoms with E-state index in [-0.39, 0.29) is 33.8 Å². The van der Waals surface area contributed by atoms with Crippen LogP contribution in [0.25, 0.3) is 0 Å². The molecule has 0 spiro atoms. The van der Waals surface area contributed by atoms with Gasteiger partial charge in [0.15, 0.2) is 0 Å². The van der Waals surface area contributed by atoms with Crippen LogP contribution in [-0.4, -0.2) is 32.5 Å². The molecule has 0 unspecified atom stereocenters. The molecular formula is C12H18ClN3O4S. The fourth-order valence-electron chi connectivity index (χ4n) is 1.61. The Hall–Kier alpha value is -1.22. The first-order valence-electron chi connectivity index (χ1n) is 6.32. The SMILES string of the molecule is Cc1c(Cl)cc(S(=O)(=O)NCCNC(C)C)cc1[N+](=O)[O-]. The van der Waals surface area contributed by atoms with Crippen LogP contribution in [0.5, 0.6) is 0 Å². The highest BCUT2D eigenvalue weighted by Crippen LogP contribution is 2.29. The first kappa shape index (κ1) is 17.8. The van der Waals surface area contributed by atoms with Crippen LogP contribution in [0.1, 0.15) is 19.4 Å². The van der Waals surface area contributed by atoms with E-state index in [2.05, 4.69) is 10.0 Å². The number of nitro benzene ring substituents is 1. The summed E-state index contributed by atoms with van der Waals surface area (Å²) >= 11 is 5.86. The zero-order chi connectivity index (χ0) is 16.2. The van der Waals surface area contributed by atoms with Crippen LogP contribution in [0.3, 0.4) is 0 Å². The van der Waals surface area contributed by atoms with Crippen molar-refractivity contribution in [3.8, 4) is 0 Å². The molecule has 0 saturated heterocycles. The first-order valence-corrected chi connectivity index (χ1v) is 8.19. The van der Waals surface area contributed by atoms with Crippen LogP contribution in [-0.2, 0) is 10.0 Å². The van der Waals surface area contributed by atoms with Crippen molar-refractivity contribution in [1.82, 2.24) is 10.0 Å². The van der Waals surface area contributed by atoms with Crippen LogP contribution in [0.4, 0.5) is 5.69 Å². The second-order valence-corrected chi connectivity index (χ2v) is 6.99. The van der Waals surface area contributed by atoms with Crippen molar-refractivity contribution in [3.05, 3.63) is 32.8 Å². The summed E-state index contributed by atoms with van der Waals surface area (Å²) in [5.74, 6) is 0. The van der Waals surface area contributed by atoms with Gasteiger partial charge in [-0.15, -0.1) is 0 Å². The monoisotopic (exact) mass is 335 g/mol. The molecule has 0 heterocycles. The molecule has 21 heavy (non-hydrogen) atoms. The fraction of sp³-hybridized carbons (Fsp3) is 0.500. The van der Waals surface area contributed by atoms with Crippen LogP contribution in [0.2, 0.25) is 5.02 Å². The van der Waals surface area contributed by atoms with Gasteiger partial charge in [-0.3, -0.25) is 10.1 Å². The van der Waals surface area contributed by atoms with Gasteiger partial charge in [-0.25, -0.2) is 13.1 Å². The molecular weight excluding hydrogens is 318 g/mol. The number of nitro groups is 1. The first-order chi connectivity index (χ1) is 9.65. The summed E-state index contributed by atoms with van der Waals surface area (Å²) in [7, 11) is -3.83. The van der Waals surface area contributed by atoms with Crippen LogP contribution in [0, 0.1) is 17.0 Å². The molecule has 0 amide bonds. The molecule has 1 aromatic rings. The molecule has 0 aliphatic heterocycles. The minimum atomic E-state index is -3.83. The lowest BCUT2D eigenvalue weighted by atomic mass is 10.2. The number of benzene rings is 1. The Kier molecular flexibility index (Phi) is 6.09. The van der Waals surface area contributed by atoms with Crippen LogP contribution >= 0.6 is 11.6 Å². The highest BCUT2D eigenvalue weighted by atomic mass is 35.5. The molecule has 0 aromatic heterocycles. The Morgan fingerprint density at radius 2 is 1.95 bits per heavy atom. The van der Waals surface area contributed by atoms with Crippen molar-refractivity contribution in [2.75, 3.05) is 13.1 Å².